The summed E-state index contributed by atoms with van der Waals surface area (Å²) >= 11 is 0. The highest BCUT2D eigenvalue weighted by Gasteiger charge is 1.96. The maximum Gasteiger partial charge on any atom is 0.303 e. The Labute approximate surface area is 121 Å². The molecule has 0 radical (unpaired) electrons. The van der Waals surface area contributed by atoms with E-state index in [1.165, 1.54) is 6.42 Å². The molecule has 0 saturated carbocycles. The first-order valence-corrected chi connectivity index (χ1v) is 6.97. The second kappa shape index (κ2) is 15.2. The minimum atomic E-state index is -0.745. The Bertz CT molecular complexity index is 337. The number of hydrogen-bond donors (Lipinski definition) is 3. The maximum absolute atomic E-state index is 10.8. The number of aromatic amines is 1. The highest BCUT2D eigenvalue weighted by Crippen LogP contribution is 1.90. The molecular formula is C14H27N3O3. The van der Waals surface area contributed by atoms with E-state index in [1.54, 1.807) is 19.4 Å². The molecule has 0 aliphatic rings. The molecule has 1 aromatic heterocycles. The minimum absolute atomic E-state index is 0.0921. The molecule has 0 spiro atoms. The van der Waals surface area contributed by atoms with E-state index >= 15 is 0 Å². The summed E-state index contributed by atoms with van der Waals surface area (Å²) in [6, 6.07) is 0. The second-order valence-corrected chi connectivity index (χ2v) is 3.98. The Morgan fingerprint density at radius 3 is 2.15 bits per heavy atom. The molecule has 1 rings (SSSR count). The van der Waals surface area contributed by atoms with Gasteiger partial charge in [-0.25, -0.2) is 4.98 Å². The number of aliphatic carboxylic acids is 1. The number of carboxylic acids is 1. The average molecular weight is 285 g/mol. The molecule has 0 aliphatic heterocycles. The topological polar surface area (TPSA) is 95.1 Å². The molecule has 0 aromatic carbocycles. The number of H-pyrrole nitrogens is 1. The van der Waals surface area contributed by atoms with Gasteiger partial charge in [0.2, 0.25) is 5.91 Å². The molecule has 3 N–H and O–H groups in total. The Kier molecular flexibility index (Phi) is 15.6. The van der Waals surface area contributed by atoms with Crippen molar-refractivity contribution < 1.29 is 14.7 Å². The van der Waals surface area contributed by atoms with Crippen LogP contribution in [0.4, 0.5) is 0 Å². The maximum atomic E-state index is 10.8. The highest BCUT2D eigenvalue weighted by molar-refractivity contribution is 5.75. The molecule has 0 unspecified atom stereocenters. The first-order valence-electron chi connectivity index (χ1n) is 6.97. The van der Waals surface area contributed by atoms with Crippen molar-refractivity contribution in [3.63, 3.8) is 0 Å². The van der Waals surface area contributed by atoms with Crippen LogP contribution in [0.25, 0.3) is 0 Å². The molecule has 116 valence electrons. The first-order chi connectivity index (χ1) is 9.51. The van der Waals surface area contributed by atoms with Gasteiger partial charge in [0.15, 0.2) is 0 Å². The largest absolute Gasteiger partial charge is 0.481 e. The molecule has 20 heavy (non-hydrogen) atoms. The molecule has 0 saturated heterocycles. The fraction of sp³-hybridized carbons (Fsp3) is 0.643. The number of carboxylic acid groups (broad SMARTS) is 1. The van der Waals surface area contributed by atoms with Crippen molar-refractivity contribution in [2.45, 2.75) is 53.4 Å². The SMILES string of the molecule is CCC.CCC(=O)NCCc1cnc[nH]1.CCC(=O)O. The van der Waals surface area contributed by atoms with E-state index in [9.17, 15) is 9.59 Å². The number of amides is 1. The number of nitrogens with one attached hydrogen (secondary N) is 2. The van der Waals surface area contributed by atoms with Crippen molar-refractivity contribution in [3.05, 3.63) is 18.2 Å². The summed E-state index contributed by atoms with van der Waals surface area (Å²) in [5.41, 5.74) is 1.05. The first kappa shape index (κ1) is 20.5. The number of carbonyl (C=O) groups excluding carboxylic acids is 1. The zero-order valence-corrected chi connectivity index (χ0v) is 12.9. The molecule has 0 fully saturated rings. The smallest absolute Gasteiger partial charge is 0.303 e. The van der Waals surface area contributed by atoms with Crippen LogP contribution in [0.15, 0.2) is 12.5 Å². The van der Waals surface area contributed by atoms with E-state index in [1.807, 2.05) is 6.92 Å². The van der Waals surface area contributed by atoms with Crippen molar-refractivity contribution in [3.8, 4) is 0 Å². The van der Waals surface area contributed by atoms with Gasteiger partial charge in [-0.3, -0.25) is 9.59 Å². The van der Waals surface area contributed by atoms with Gasteiger partial charge in [-0.15, -0.1) is 0 Å². The number of carbonyl (C=O) groups is 2. The lowest BCUT2D eigenvalue weighted by atomic mass is 10.3. The van der Waals surface area contributed by atoms with Crippen LogP contribution in [0.1, 0.15) is 52.7 Å². The molecule has 0 aliphatic carbocycles. The third-order valence-corrected chi connectivity index (χ3v) is 1.89. The standard InChI is InChI=1S/C8H13N3O.C3H6O2.C3H8/c1-2-8(12)10-4-3-7-5-9-6-11-7;1-2-3(4)5;1-3-2/h5-6H,2-4H2,1H3,(H,9,11)(H,10,12);2H2,1H3,(H,4,5);3H2,1-2H3. The summed E-state index contributed by atoms with van der Waals surface area (Å²) in [4.78, 5) is 27.0. The van der Waals surface area contributed by atoms with Crippen molar-refractivity contribution >= 4 is 11.9 Å². The lowest BCUT2D eigenvalue weighted by molar-refractivity contribution is -0.136. The third kappa shape index (κ3) is 16.1. The van der Waals surface area contributed by atoms with Crippen LogP contribution in [-0.2, 0) is 16.0 Å². The van der Waals surface area contributed by atoms with Crippen LogP contribution < -0.4 is 5.32 Å². The van der Waals surface area contributed by atoms with Crippen molar-refractivity contribution in [2.24, 2.45) is 0 Å². The monoisotopic (exact) mass is 285 g/mol. The van der Waals surface area contributed by atoms with Crippen LogP contribution in [0.2, 0.25) is 0 Å². The van der Waals surface area contributed by atoms with Gasteiger partial charge in [0, 0.05) is 37.7 Å². The lowest BCUT2D eigenvalue weighted by Gasteiger charge is -2.00. The number of nitrogens with zero attached hydrogens (tertiary/aromatic N) is 1. The average Bonchev–Trinajstić information content (AvgIpc) is 2.93. The number of rotatable bonds is 5. The lowest BCUT2D eigenvalue weighted by Crippen LogP contribution is -2.24. The van der Waals surface area contributed by atoms with Crippen molar-refractivity contribution in [1.29, 1.82) is 0 Å². The quantitative estimate of drug-likeness (QED) is 0.774. The molecule has 6 nitrogen and oxygen atoms in total. The normalized spacial score (nSPS) is 8.60. The summed E-state index contributed by atoms with van der Waals surface area (Å²) in [6.45, 7) is 8.36. The van der Waals surface area contributed by atoms with Gasteiger partial charge in [-0.05, 0) is 0 Å². The number of hydrogen-bond acceptors (Lipinski definition) is 3. The predicted octanol–water partition coefficient (Wildman–Crippen LogP) is 2.38. The van der Waals surface area contributed by atoms with Crippen LogP contribution >= 0.6 is 0 Å². The zero-order valence-electron chi connectivity index (χ0n) is 12.9. The molecule has 1 heterocycles. The van der Waals surface area contributed by atoms with E-state index in [0.29, 0.717) is 13.0 Å². The summed E-state index contributed by atoms with van der Waals surface area (Å²) in [7, 11) is 0. The highest BCUT2D eigenvalue weighted by atomic mass is 16.4. The summed E-state index contributed by atoms with van der Waals surface area (Å²) in [5.74, 6) is -0.653. The van der Waals surface area contributed by atoms with E-state index in [4.69, 9.17) is 5.11 Å². The molecular weight excluding hydrogens is 258 g/mol. The van der Waals surface area contributed by atoms with E-state index < -0.39 is 5.97 Å². The van der Waals surface area contributed by atoms with Crippen LogP contribution in [0, 0.1) is 0 Å². The Hall–Kier alpha value is -1.85. The minimum Gasteiger partial charge on any atom is -0.481 e. The van der Waals surface area contributed by atoms with Gasteiger partial charge in [-0.1, -0.05) is 34.1 Å². The van der Waals surface area contributed by atoms with Gasteiger partial charge in [0.25, 0.3) is 0 Å². The van der Waals surface area contributed by atoms with Crippen LogP contribution in [0.5, 0.6) is 0 Å². The van der Waals surface area contributed by atoms with Gasteiger partial charge in [0.1, 0.15) is 0 Å². The Morgan fingerprint density at radius 1 is 1.25 bits per heavy atom. The third-order valence-electron chi connectivity index (χ3n) is 1.89. The van der Waals surface area contributed by atoms with Gasteiger partial charge < -0.3 is 15.4 Å². The van der Waals surface area contributed by atoms with Crippen LogP contribution in [0.3, 0.4) is 0 Å². The molecule has 1 aromatic rings. The van der Waals surface area contributed by atoms with E-state index in [2.05, 4.69) is 29.1 Å². The van der Waals surface area contributed by atoms with E-state index in [0.717, 1.165) is 12.1 Å². The fourth-order valence-electron chi connectivity index (χ4n) is 0.883. The fourth-order valence-corrected chi connectivity index (χ4v) is 0.883. The second-order valence-electron chi connectivity index (χ2n) is 3.98. The Balaban J connectivity index is 0. The van der Waals surface area contributed by atoms with Gasteiger partial charge in [0.05, 0.1) is 6.33 Å². The molecule has 0 atom stereocenters. The number of aromatic nitrogens is 2. The summed E-state index contributed by atoms with van der Waals surface area (Å²) in [5, 5.41) is 10.5. The van der Waals surface area contributed by atoms with Crippen molar-refractivity contribution in [1.82, 2.24) is 15.3 Å². The zero-order chi connectivity index (χ0) is 15.8. The summed E-state index contributed by atoms with van der Waals surface area (Å²) in [6.07, 6.45) is 6.23. The van der Waals surface area contributed by atoms with Crippen molar-refractivity contribution in [2.75, 3.05) is 6.54 Å². The summed E-state index contributed by atoms with van der Waals surface area (Å²) < 4.78 is 0. The molecule has 0 bridgehead atoms. The molecule has 6 heteroatoms. The van der Waals surface area contributed by atoms with Crippen LogP contribution in [-0.4, -0.2) is 33.5 Å². The van der Waals surface area contributed by atoms with E-state index in [-0.39, 0.29) is 12.3 Å². The Morgan fingerprint density at radius 2 is 1.80 bits per heavy atom. The molecule has 1 amide bonds. The van der Waals surface area contributed by atoms with Gasteiger partial charge >= 0.3 is 5.97 Å². The number of imidazole rings is 1. The van der Waals surface area contributed by atoms with Gasteiger partial charge in [-0.2, -0.15) is 0 Å². The predicted molar refractivity (Wildman–Crippen MR) is 79.5 cm³/mol.